The topological polar surface area (TPSA) is 49.9 Å². The quantitative estimate of drug-likeness (QED) is 0.308. The number of carbonyl (C=O) groups excluding carboxylic acids is 2. The molecule has 150 valence electrons. The van der Waals surface area contributed by atoms with Crippen molar-refractivity contribution in [3.8, 4) is 0 Å². The Balaban J connectivity index is 1.94. The van der Waals surface area contributed by atoms with Crippen LogP contribution in [0, 0.1) is 0 Å². The highest BCUT2D eigenvalue weighted by Gasteiger charge is 2.41. The van der Waals surface area contributed by atoms with Gasteiger partial charge < -0.3 is 9.64 Å². The van der Waals surface area contributed by atoms with Crippen molar-refractivity contribution in [2.24, 2.45) is 0 Å². The molecule has 2 heterocycles. The first-order valence-electron chi connectivity index (χ1n) is 9.47. The minimum atomic E-state index is -0.182. The first-order valence-corrected chi connectivity index (χ1v) is 11.5. The molecule has 0 aromatic heterocycles. The molecule has 1 aromatic carbocycles. The smallest absolute Gasteiger partial charge is 0.267 e. The summed E-state index contributed by atoms with van der Waals surface area (Å²) >= 11 is 10.1. The molecule has 0 bridgehead atoms. The minimum Gasteiger partial charge on any atom is -0.382 e. The van der Waals surface area contributed by atoms with Crippen molar-refractivity contribution in [1.82, 2.24) is 4.90 Å². The van der Waals surface area contributed by atoms with Gasteiger partial charge in [0.25, 0.3) is 11.8 Å². The number of thiocarbonyl (C=S) groups is 1. The maximum absolute atomic E-state index is 13.2. The number of anilines is 1. The van der Waals surface area contributed by atoms with Gasteiger partial charge in [-0.25, -0.2) is 0 Å². The second-order valence-electron chi connectivity index (χ2n) is 6.55. The van der Waals surface area contributed by atoms with Crippen molar-refractivity contribution in [3.63, 3.8) is 0 Å². The number of nitrogens with zero attached hydrogens (tertiary/aromatic N) is 2. The molecule has 5 nitrogen and oxygen atoms in total. The van der Waals surface area contributed by atoms with Gasteiger partial charge in [0.05, 0.1) is 16.2 Å². The summed E-state index contributed by atoms with van der Waals surface area (Å²) in [5.74, 6) is -0.297. The number of rotatable bonds is 8. The summed E-state index contributed by atoms with van der Waals surface area (Å²) in [5, 5.41) is 0. The summed E-state index contributed by atoms with van der Waals surface area (Å²) in [4.78, 5) is 30.1. The normalized spacial score (nSPS) is 19.2. The maximum Gasteiger partial charge on any atom is 0.267 e. The van der Waals surface area contributed by atoms with Gasteiger partial charge in [0.1, 0.15) is 4.32 Å². The number of thioether (sulfide) groups is 1. The molecule has 28 heavy (non-hydrogen) atoms. The number of benzene rings is 1. The monoisotopic (exact) mass is 482 g/mol. The highest BCUT2D eigenvalue weighted by atomic mass is 79.9. The lowest BCUT2D eigenvalue weighted by Gasteiger charge is -2.16. The van der Waals surface area contributed by atoms with Crippen molar-refractivity contribution >= 4 is 67.3 Å². The van der Waals surface area contributed by atoms with Gasteiger partial charge in [-0.3, -0.25) is 14.5 Å². The maximum atomic E-state index is 13.2. The Bertz CT molecular complexity index is 841. The Morgan fingerprint density at radius 2 is 1.86 bits per heavy atom. The number of halogens is 1. The first-order chi connectivity index (χ1) is 13.5. The van der Waals surface area contributed by atoms with Crippen molar-refractivity contribution < 1.29 is 14.3 Å². The van der Waals surface area contributed by atoms with E-state index in [0.29, 0.717) is 47.5 Å². The third kappa shape index (κ3) is 4.20. The standard InChI is InChI=1S/C20H23BrN2O3S2/c1-3-5-9-22-15-8-7-13(21)12-14(15)16(18(22)24)17-19(25)23(20(27)28-17)10-6-11-26-4-2/h7-8,12H,3-6,9-11H2,1-2H3/b17-16-. The number of ether oxygens (including phenoxy) is 1. The van der Waals surface area contributed by atoms with Crippen LogP contribution in [0.25, 0.3) is 5.57 Å². The predicted molar refractivity (Wildman–Crippen MR) is 121 cm³/mol. The number of carbonyl (C=O) groups is 2. The molecule has 0 spiro atoms. The summed E-state index contributed by atoms with van der Waals surface area (Å²) in [6, 6.07) is 5.77. The van der Waals surface area contributed by atoms with E-state index < -0.39 is 0 Å². The second kappa shape index (κ2) is 9.52. The van der Waals surface area contributed by atoms with Gasteiger partial charge in [-0.15, -0.1) is 0 Å². The zero-order valence-corrected chi connectivity index (χ0v) is 19.2. The van der Waals surface area contributed by atoms with Crippen molar-refractivity contribution in [1.29, 1.82) is 0 Å². The Morgan fingerprint density at radius 1 is 1.11 bits per heavy atom. The van der Waals surface area contributed by atoms with Gasteiger partial charge in [0.15, 0.2) is 0 Å². The molecule has 3 rings (SSSR count). The number of hydrogen-bond acceptors (Lipinski definition) is 5. The summed E-state index contributed by atoms with van der Waals surface area (Å²) in [7, 11) is 0. The summed E-state index contributed by atoms with van der Waals surface area (Å²) in [6.45, 7) is 6.41. The number of hydrogen-bond donors (Lipinski definition) is 0. The number of amides is 2. The Hall–Kier alpha value is -1.22. The molecule has 2 amide bonds. The molecule has 0 atom stereocenters. The van der Waals surface area contributed by atoms with Crippen LogP contribution < -0.4 is 4.90 Å². The molecule has 8 heteroatoms. The van der Waals surface area contributed by atoms with Gasteiger partial charge in [-0.05, 0) is 38.0 Å². The fourth-order valence-corrected chi connectivity index (χ4v) is 5.01. The highest BCUT2D eigenvalue weighted by molar-refractivity contribution is 9.10. The van der Waals surface area contributed by atoms with Crippen LogP contribution in [0.2, 0.25) is 0 Å². The Morgan fingerprint density at radius 3 is 2.57 bits per heavy atom. The average Bonchev–Trinajstić information content (AvgIpc) is 3.09. The van der Waals surface area contributed by atoms with Crippen LogP contribution in [-0.2, 0) is 14.3 Å². The van der Waals surface area contributed by atoms with E-state index in [2.05, 4.69) is 22.9 Å². The van der Waals surface area contributed by atoms with Gasteiger partial charge in [0.2, 0.25) is 0 Å². The van der Waals surface area contributed by atoms with Crippen molar-refractivity contribution in [2.75, 3.05) is 31.2 Å². The van der Waals surface area contributed by atoms with Gasteiger partial charge in [0, 0.05) is 36.3 Å². The van der Waals surface area contributed by atoms with E-state index in [0.717, 1.165) is 28.6 Å². The van der Waals surface area contributed by atoms with Gasteiger partial charge in [-0.2, -0.15) is 0 Å². The zero-order valence-electron chi connectivity index (χ0n) is 16.0. The van der Waals surface area contributed by atoms with E-state index in [-0.39, 0.29) is 11.8 Å². The van der Waals surface area contributed by atoms with Gasteiger partial charge >= 0.3 is 0 Å². The van der Waals surface area contributed by atoms with Crippen LogP contribution in [-0.4, -0.2) is 47.3 Å². The van der Waals surface area contributed by atoms with Crippen LogP contribution in [0.15, 0.2) is 27.6 Å². The lowest BCUT2D eigenvalue weighted by Crippen LogP contribution is -2.31. The molecule has 0 N–H and O–H groups in total. The molecule has 0 unspecified atom stereocenters. The zero-order chi connectivity index (χ0) is 20.3. The summed E-state index contributed by atoms with van der Waals surface area (Å²) < 4.78 is 6.73. The van der Waals surface area contributed by atoms with E-state index in [1.807, 2.05) is 25.1 Å². The predicted octanol–water partition coefficient (Wildman–Crippen LogP) is 4.59. The van der Waals surface area contributed by atoms with Crippen molar-refractivity contribution in [3.05, 3.63) is 33.1 Å². The molecular formula is C20H23BrN2O3S2. The molecule has 2 aliphatic rings. The Labute approximate surface area is 183 Å². The lowest BCUT2D eigenvalue weighted by atomic mass is 10.1. The van der Waals surface area contributed by atoms with Crippen LogP contribution in [0.3, 0.4) is 0 Å². The van der Waals surface area contributed by atoms with E-state index in [9.17, 15) is 9.59 Å². The third-order valence-electron chi connectivity index (χ3n) is 4.66. The van der Waals surface area contributed by atoms with E-state index in [4.69, 9.17) is 17.0 Å². The average molecular weight is 483 g/mol. The van der Waals surface area contributed by atoms with E-state index in [1.54, 1.807) is 9.80 Å². The Kier molecular flexibility index (Phi) is 7.31. The molecule has 0 saturated carbocycles. The highest BCUT2D eigenvalue weighted by Crippen LogP contribution is 2.45. The van der Waals surface area contributed by atoms with Crippen LogP contribution in [0.5, 0.6) is 0 Å². The lowest BCUT2D eigenvalue weighted by molar-refractivity contribution is -0.122. The molecule has 1 saturated heterocycles. The van der Waals surface area contributed by atoms with Gasteiger partial charge in [-0.1, -0.05) is 53.3 Å². The minimum absolute atomic E-state index is 0.114. The second-order valence-corrected chi connectivity index (χ2v) is 9.11. The van der Waals surface area contributed by atoms with Crippen LogP contribution >= 0.6 is 39.9 Å². The molecule has 1 aromatic rings. The molecule has 0 radical (unpaired) electrons. The molecule has 2 aliphatic heterocycles. The number of fused-ring (bicyclic) bond motifs is 1. The summed E-state index contributed by atoms with van der Waals surface area (Å²) in [6.07, 6.45) is 2.61. The van der Waals surface area contributed by atoms with E-state index in [1.165, 1.54) is 11.8 Å². The fraction of sp³-hybridized carbons (Fsp3) is 0.450. The van der Waals surface area contributed by atoms with Crippen LogP contribution in [0.4, 0.5) is 5.69 Å². The van der Waals surface area contributed by atoms with Crippen LogP contribution in [0.1, 0.15) is 38.7 Å². The molecular weight excluding hydrogens is 460 g/mol. The SMILES string of the molecule is CCCCN1C(=O)/C(=C2\SC(=S)N(CCCOCC)C2=O)c2cc(Br)ccc21. The summed E-state index contributed by atoms with van der Waals surface area (Å²) in [5.41, 5.74) is 2.13. The third-order valence-corrected chi connectivity index (χ3v) is 6.61. The van der Waals surface area contributed by atoms with Crippen molar-refractivity contribution in [2.45, 2.75) is 33.1 Å². The number of unbranched alkanes of at least 4 members (excludes halogenated alkanes) is 1. The largest absolute Gasteiger partial charge is 0.382 e. The molecule has 1 fully saturated rings. The fourth-order valence-electron chi connectivity index (χ4n) is 3.27. The first kappa shape index (κ1) is 21.5. The molecule has 0 aliphatic carbocycles. The van der Waals surface area contributed by atoms with E-state index >= 15 is 0 Å².